The van der Waals surface area contributed by atoms with Crippen LogP contribution in [0.2, 0.25) is 5.15 Å². The third-order valence-corrected chi connectivity index (χ3v) is 4.24. The lowest BCUT2D eigenvalue weighted by atomic mass is 10.3. The van der Waals surface area contributed by atoms with Crippen molar-refractivity contribution < 1.29 is 13.5 Å². The Morgan fingerprint density at radius 2 is 2.29 bits per heavy atom. The van der Waals surface area contributed by atoms with Crippen molar-refractivity contribution >= 4 is 37.6 Å². The van der Waals surface area contributed by atoms with Crippen LogP contribution in [-0.2, 0) is 10.0 Å². The van der Waals surface area contributed by atoms with Crippen LogP contribution in [0.3, 0.4) is 0 Å². The fourth-order valence-corrected chi connectivity index (χ4v) is 3.06. The number of hydrogen-bond donors (Lipinski definition) is 2. The Morgan fingerprint density at radius 3 is 2.88 bits per heavy atom. The third kappa shape index (κ3) is 4.51. The Balaban J connectivity index is 2.86. The average molecular weight is 344 g/mol. The molecule has 0 aliphatic heterocycles. The van der Waals surface area contributed by atoms with E-state index in [0.717, 1.165) is 0 Å². The first-order valence-corrected chi connectivity index (χ1v) is 7.47. The first-order valence-electron chi connectivity index (χ1n) is 4.81. The lowest BCUT2D eigenvalue weighted by molar-refractivity contribution is 0.186. The smallest absolute Gasteiger partial charge is 0.243 e. The molecule has 8 heteroatoms. The number of rotatable bonds is 5. The van der Waals surface area contributed by atoms with E-state index in [0.29, 0.717) is 10.9 Å². The molecule has 0 saturated carbocycles. The van der Waals surface area contributed by atoms with E-state index in [4.69, 9.17) is 16.7 Å². The summed E-state index contributed by atoms with van der Waals surface area (Å²) in [6, 6.07) is 1.38. The average Bonchev–Trinajstić information content (AvgIpc) is 2.20. The second-order valence-electron chi connectivity index (χ2n) is 3.48. The minimum absolute atomic E-state index is 0.0841. The number of halogens is 2. The van der Waals surface area contributed by atoms with Crippen LogP contribution in [0.5, 0.6) is 0 Å². The normalized spacial score (nSPS) is 13.6. The van der Waals surface area contributed by atoms with Crippen molar-refractivity contribution in [3.8, 4) is 0 Å². The van der Waals surface area contributed by atoms with E-state index >= 15 is 0 Å². The molecular formula is C9H12BrClN2O3S. The molecule has 1 aromatic rings. The number of sulfonamides is 1. The van der Waals surface area contributed by atoms with E-state index in [2.05, 4.69) is 25.6 Å². The molecule has 1 atom stereocenters. The van der Waals surface area contributed by atoms with Crippen LogP contribution in [0.15, 0.2) is 21.6 Å². The molecule has 96 valence electrons. The van der Waals surface area contributed by atoms with Gasteiger partial charge in [0.15, 0.2) is 0 Å². The van der Waals surface area contributed by atoms with Crippen molar-refractivity contribution in [1.82, 2.24) is 9.71 Å². The summed E-state index contributed by atoms with van der Waals surface area (Å²) >= 11 is 8.85. The van der Waals surface area contributed by atoms with Gasteiger partial charge in [0.05, 0.1) is 6.10 Å². The van der Waals surface area contributed by atoms with E-state index in [1.165, 1.54) is 12.3 Å². The Hall–Kier alpha value is -0.210. The van der Waals surface area contributed by atoms with Crippen molar-refractivity contribution in [2.75, 3.05) is 6.54 Å². The molecule has 0 fully saturated rings. The van der Waals surface area contributed by atoms with Gasteiger partial charge in [-0.1, -0.05) is 11.6 Å². The molecule has 0 saturated heterocycles. The first-order chi connectivity index (χ1) is 7.83. The minimum Gasteiger partial charge on any atom is -0.393 e. The molecule has 1 rings (SSSR count). The van der Waals surface area contributed by atoms with Gasteiger partial charge in [-0.25, -0.2) is 18.1 Å². The highest BCUT2D eigenvalue weighted by Crippen LogP contribution is 2.22. The predicted molar refractivity (Wildman–Crippen MR) is 68.4 cm³/mol. The number of pyridine rings is 1. The summed E-state index contributed by atoms with van der Waals surface area (Å²) in [6.45, 7) is 1.73. The number of hydrogen-bond acceptors (Lipinski definition) is 4. The zero-order valence-electron chi connectivity index (χ0n) is 9.02. The van der Waals surface area contributed by atoms with Crippen molar-refractivity contribution in [1.29, 1.82) is 0 Å². The van der Waals surface area contributed by atoms with Crippen LogP contribution in [-0.4, -0.2) is 31.2 Å². The van der Waals surface area contributed by atoms with Crippen molar-refractivity contribution in [2.24, 2.45) is 0 Å². The van der Waals surface area contributed by atoms with Gasteiger partial charge in [-0.15, -0.1) is 0 Å². The van der Waals surface area contributed by atoms with E-state index in [9.17, 15) is 8.42 Å². The number of aromatic nitrogens is 1. The zero-order valence-corrected chi connectivity index (χ0v) is 12.2. The molecule has 1 heterocycles. The molecule has 1 aromatic heterocycles. The molecule has 2 N–H and O–H groups in total. The molecule has 0 spiro atoms. The van der Waals surface area contributed by atoms with E-state index in [1.54, 1.807) is 6.92 Å². The Kier molecular flexibility index (Phi) is 5.33. The van der Waals surface area contributed by atoms with Crippen LogP contribution in [0.25, 0.3) is 0 Å². The summed E-state index contributed by atoms with van der Waals surface area (Å²) in [5.41, 5.74) is 0. The molecule has 1 unspecified atom stereocenters. The molecular weight excluding hydrogens is 332 g/mol. The van der Waals surface area contributed by atoms with Crippen LogP contribution < -0.4 is 4.72 Å². The van der Waals surface area contributed by atoms with Crippen LogP contribution in [0.1, 0.15) is 13.3 Å². The highest BCUT2D eigenvalue weighted by Gasteiger charge is 2.18. The highest BCUT2D eigenvalue weighted by molar-refractivity contribution is 9.10. The number of aliphatic hydroxyl groups excluding tert-OH is 1. The Bertz CT molecular complexity index is 493. The standard InChI is InChI=1S/C9H12BrClN2O3S/c1-6(14)2-3-13-17(15,16)8-4-7(10)5-12-9(8)11/h4-6,13-14H,2-3H2,1H3. The third-order valence-electron chi connectivity index (χ3n) is 1.92. The summed E-state index contributed by atoms with van der Waals surface area (Å²) in [5, 5.41) is 8.95. The van der Waals surface area contributed by atoms with Crippen LogP contribution in [0.4, 0.5) is 0 Å². The second kappa shape index (κ2) is 6.10. The van der Waals surface area contributed by atoms with Gasteiger partial charge in [-0.3, -0.25) is 0 Å². The lowest BCUT2D eigenvalue weighted by Gasteiger charge is -2.09. The van der Waals surface area contributed by atoms with E-state index < -0.39 is 16.1 Å². The van der Waals surface area contributed by atoms with Gasteiger partial charge in [-0.05, 0) is 35.3 Å². The predicted octanol–water partition coefficient (Wildman–Crippen LogP) is 1.55. The molecule has 0 aliphatic rings. The summed E-state index contributed by atoms with van der Waals surface area (Å²) in [4.78, 5) is 3.65. The molecule has 0 radical (unpaired) electrons. The fourth-order valence-electron chi connectivity index (χ4n) is 1.07. The molecule has 17 heavy (non-hydrogen) atoms. The van der Waals surface area contributed by atoms with Gasteiger partial charge >= 0.3 is 0 Å². The van der Waals surface area contributed by atoms with Gasteiger partial charge in [0.1, 0.15) is 10.0 Å². The van der Waals surface area contributed by atoms with Crippen LogP contribution in [0, 0.1) is 0 Å². The highest BCUT2D eigenvalue weighted by atomic mass is 79.9. The summed E-state index contributed by atoms with van der Waals surface area (Å²) < 4.78 is 26.6. The fraction of sp³-hybridized carbons (Fsp3) is 0.444. The quantitative estimate of drug-likeness (QED) is 0.795. The van der Waals surface area contributed by atoms with Gasteiger partial charge < -0.3 is 5.11 Å². The number of nitrogens with zero attached hydrogens (tertiary/aromatic N) is 1. The molecule has 5 nitrogen and oxygen atoms in total. The number of aliphatic hydroxyl groups is 1. The van der Waals surface area contributed by atoms with Crippen LogP contribution >= 0.6 is 27.5 Å². The Morgan fingerprint density at radius 1 is 1.65 bits per heavy atom. The Labute approximate surface area is 113 Å². The second-order valence-corrected chi connectivity index (χ2v) is 6.49. The maximum absolute atomic E-state index is 11.8. The maximum atomic E-state index is 11.8. The van der Waals surface area contributed by atoms with Crippen molar-refractivity contribution in [3.05, 3.63) is 21.9 Å². The topological polar surface area (TPSA) is 79.3 Å². The SMILES string of the molecule is CC(O)CCNS(=O)(=O)c1cc(Br)cnc1Cl. The van der Waals surface area contributed by atoms with Gasteiger partial charge in [0.25, 0.3) is 0 Å². The van der Waals surface area contributed by atoms with Crippen molar-refractivity contribution in [3.63, 3.8) is 0 Å². The number of nitrogens with one attached hydrogen (secondary N) is 1. The largest absolute Gasteiger partial charge is 0.393 e. The summed E-state index contributed by atoms with van der Waals surface area (Å²) in [6.07, 6.45) is 1.18. The minimum atomic E-state index is -3.69. The monoisotopic (exact) mass is 342 g/mol. The molecule has 0 bridgehead atoms. The van der Waals surface area contributed by atoms with Crippen molar-refractivity contribution in [2.45, 2.75) is 24.3 Å². The molecule has 0 amide bonds. The molecule has 0 aromatic carbocycles. The first kappa shape index (κ1) is 14.8. The summed E-state index contributed by atoms with van der Waals surface area (Å²) in [5.74, 6) is 0. The van der Waals surface area contributed by atoms with E-state index in [-0.39, 0.29) is 16.6 Å². The van der Waals surface area contributed by atoms with Gasteiger partial charge in [0.2, 0.25) is 10.0 Å². The van der Waals surface area contributed by atoms with Gasteiger partial charge in [-0.2, -0.15) is 0 Å². The maximum Gasteiger partial charge on any atom is 0.243 e. The zero-order chi connectivity index (χ0) is 13.1. The summed E-state index contributed by atoms with van der Waals surface area (Å²) in [7, 11) is -3.69. The lowest BCUT2D eigenvalue weighted by Crippen LogP contribution is -2.27. The van der Waals surface area contributed by atoms with Gasteiger partial charge in [0, 0.05) is 17.2 Å². The van der Waals surface area contributed by atoms with E-state index in [1.807, 2.05) is 0 Å². The molecule has 0 aliphatic carbocycles.